The zero-order chi connectivity index (χ0) is 12.8. The van der Waals surface area contributed by atoms with Crippen molar-refractivity contribution >= 4 is 34.9 Å². The molecule has 1 aromatic heterocycles. The van der Waals surface area contributed by atoms with Gasteiger partial charge in [-0.3, -0.25) is 10.1 Å². The highest BCUT2D eigenvalue weighted by atomic mass is 35.5. The van der Waals surface area contributed by atoms with Gasteiger partial charge in [-0.15, -0.1) is 0 Å². The highest BCUT2D eigenvalue weighted by Gasteiger charge is 2.17. The van der Waals surface area contributed by atoms with Crippen LogP contribution in [0.1, 0.15) is 13.8 Å². The van der Waals surface area contributed by atoms with E-state index in [1.165, 1.54) is 12.3 Å². The van der Waals surface area contributed by atoms with E-state index in [1.807, 2.05) is 6.92 Å². The molecule has 1 atom stereocenters. The number of hydrogen-bond donors (Lipinski definition) is 1. The Kier molecular flexibility index (Phi) is 5.50. The Morgan fingerprint density at radius 3 is 3.00 bits per heavy atom. The standard InChI is InChI=1S/C10H14ClN3O2S/c1-3-17-6-7(2)13-10-9(14(15)16)4-8(11)5-12-10/h4-5,7H,3,6H2,1-2H3,(H,12,13). The van der Waals surface area contributed by atoms with Crippen LogP contribution in [-0.2, 0) is 0 Å². The fourth-order valence-corrected chi connectivity index (χ4v) is 2.07. The first kappa shape index (κ1) is 14.1. The number of aromatic nitrogens is 1. The van der Waals surface area contributed by atoms with E-state index in [1.54, 1.807) is 11.8 Å². The van der Waals surface area contributed by atoms with Crippen molar-refractivity contribution in [1.29, 1.82) is 0 Å². The summed E-state index contributed by atoms with van der Waals surface area (Å²) in [5, 5.41) is 14.1. The molecule has 1 rings (SSSR count). The van der Waals surface area contributed by atoms with E-state index in [0.29, 0.717) is 0 Å². The van der Waals surface area contributed by atoms with Crippen molar-refractivity contribution in [3.8, 4) is 0 Å². The normalized spacial score (nSPS) is 12.2. The average Bonchev–Trinajstić information content (AvgIpc) is 2.28. The summed E-state index contributed by atoms with van der Waals surface area (Å²) in [5.41, 5.74) is -0.0918. The second kappa shape index (κ2) is 6.66. The van der Waals surface area contributed by atoms with Crippen molar-refractivity contribution in [2.75, 3.05) is 16.8 Å². The predicted molar refractivity (Wildman–Crippen MR) is 72.0 cm³/mol. The highest BCUT2D eigenvalue weighted by Crippen LogP contribution is 2.25. The summed E-state index contributed by atoms with van der Waals surface area (Å²) in [6, 6.07) is 1.42. The molecule has 0 fully saturated rings. The third-order valence-electron chi connectivity index (χ3n) is 1.99. The molecule has 94 valence electrons. The topological polar surface area (TPSA) is 68.1 Å². The molecule has 1 unspecified atom stereocenters. The Balaban J connectivity index is 2.79. The first-order valence-corrected chi connectivity index (χ1v) is 6.72. The summed E-state index contributed by atoms with van der Waals surface area (Å²) in [6.45, 7) is 4.03. The number of pyridine rings is 1. The van der Waals surface area contributed by atoms with Gasteiger partial charge in [0.05, 0.1) is 9.95 Å². The van der Waals surface area contributed by atoms with Gasteiger partial charge in [0, 0.05) is 24.1 Å². The van der Waals surface area contributed by atoms with Gasteiger partial charge in [-0.2, -0.15) is 11.8 Å². The Hall–Kier alpha value is -1.01. The van der Waals surface area contributed by atoms with Crippen molar-refractivity contribution in [3.63, 3.8) is 0 Å². The molecule has 0 saturated carbocycles. The maximum atomic E-state index is 10.8. The number of rotatable bonds is 6. The number of halogens is 1. The van der Waals surface area contributed by atoms with Gasteiger partial charge in [0.25, 0.3) is 0 Å². The lowest BCUT2D eigenvalue weighted by Gasteiger charge is -2.13. The van der Waals surface area contributed by atoms with Gasteiger partial charge >= 0.3 is 5.69 Å². The van der Waals surface area contributed by atoms with Crippen LogP contribution in [-0.4, -0.2) is 27.5 Å². The van der Waals surface area contributed by atoms with Crippen LogP contribution in [0.25, 0.3) is 0 Å². The Bertz CT molecular complexity index is 403. The molecule has 17 heavy (non-hydrogen) atoms. The molecule has 0 aliphatic carbocycles. The number of anilines is 1. The average molecular weight is 276 g/mol. The van der Waals surface area contributed by atoms with E-state index in [9.17, 15) is 10.1 Å². The minimum atomic E-state index is -0.485. The zero-order valence-electron chi connectivity index (χ0n) is 9.64. The summed E-state index contributed by atoms with van der Waals surface area (Å²) >= 11 is 7.45. The fraction of sp³-hybridized carbons (Fsp3) is 0.500. The number of hydrogen-bond acceptors (Lipinski definition) is 5. The van der Waals surface area contributed by atoms with Gasteiger partial charge in [-0.05, 0) is 12.7 Å². The Morgan fingerprint density at radius 2 is 2.41 bits per heavy atom. The molecule has 0 amide bonds. The molecule has 0 aliphatic rings. The van der Waals surface area contributed by atoms with Gasteiger partial charge in [-0.1, -0.05) is 18.5 Å². The van der Waals surface area contributed by atoms with Gasteiger partial charge in [0.2, 0.25) is 5.82 Å². The van der Waals surface area contributed by atoms with Crippen molar-refractivity contribution in [1.82, 2.24) is 4.98 Å². The zero-order valence-corrected chi connectivity index (χ0v) is 11.2. The molecule has 0 aromatic carbocycles. The lowest BCUT2D eigenvalue weighted by Crippen LogP contribution is -2.19. The summed E-state index contributed by atoms with van der Waals surface area (Å²) in [6.07, 6.45) is 1.40. The van der Waals surface area contributed by atoms with Crippen molar-refractivity contribution in [3.05, 3.63) is 27.4 Å². The van der Waals surface area contributed by atoms with Gasteiger partial charge in [0.1, 0.15) is 0 Å². The Morgan fingerprint density at radius 1 is 1.71 bits per heavy atom. The first-order chi connectivity index (χ1) is 8.04. The summed E-state index contributed by atoms with van der Waals surface area (Å²) in [5.74, 6) is 2.16. The Labute approximate surface area is 109 Å². The van der Waals surface area contributed by atoms with Crippen LogP contribution >= 0.6 is 23.4 Å². The molecular weight excluding hydrogens is 262 g/mol. The van der Waals surface area contributed by atoms with E-state index in [4.69, 9.17) is 11.6 Å². The van der Waals surface area contributed by atoms with Gasteiger partial charge in [0.15, 0.2) is 0 Å². The SMILES string of the molecule is CCSCC(C)Nc1ncc(Cl)cc1[N+](=O)[O-]. The largest absolute Gasteiger partial charge is 0.361 e. The van der Waals surface area contributed by atoms with Crippen LogP contribution in [0, 0.1) is 10.1 Å². The van der Waals surface area contributed by atoms with Crippen LogP contribution in [0.15, 0.2) is 12.3 Å². The van der Waals surface area contributed by atoms with Crippen LogP contribution in [0.5, 0.6) is 0 Å². The van der Waals surface area contributed by atoms with E-state index in [2.05, 4.69) is 17.2 Å². The second-order valence-corrected chi connectivity index (χ2v) is 5.24. The van der Waals surface area contributed by atoms with Crippen LogP contribution in [0.3, 0.4) is 0 Å². The number of thioether (sulfide) groups is 1. The summed E-state index contributed by atoms with van der Waals surface area (Å²) < 4.78 is 0. The molecule has 0 radical (unpaired) electrons. The first-order valence-electron chi connectivity index (χ1n) is 5.18. The van der Waals surface area contributed by atoms with E-state index < -0.39 is 4.92 Å². The van der Waals surface area contributed by atoms with Crippen molar-refractivity contribution < 1.29 is 4.92 Å². The predicted octanol–water partition coefficient (Wildman–Crippen LogP) is 3.20. The van der Waals surface area contributed by atoms with Crippen LogP contribution in [0.4, 0.5) is 11.5 Å². The lowest BCUT2D eigenvalue weighted by molar-refractivity contribution is -0.384. The fourth-order valence-electron chi connectivity index (χ4n) is 1.25. The minimum absolute atomic E-state index is 0.0918. The number of nitrogens with zero attached hydrogens (tertiary/aromatic N) is 2. The quantitative estimate of drug-likeness (QED) is 0.638. The van der Waals surface area contributed by atoms with Crippen LogP contribution in [0.2, 0.25) is 5.02 Å². The molecule has 5 nitrogen and oxygen atoms in total. The lowest BCUT2D eigenvalue weighted by atomic mass is 10.3. The molecule has 1 N–H and O–H groups in total. The third-order valence-corrected chi connectivity index (χ3v) is 3.34. The van der Waals surface area contributed by atoms with E-state index in [-0.39, 0.29) is 22.6 Å². The molecule has 0 saturated heterocycles. The maximum Gasteiger partial charge on any atom is 0.312 e. The molecule has 1 heterocycles. The van der Waals surface area contributed by atoms with Crippen molar-refractivity contribution in [2.45, 2.75) is 19.9 Å². The molecular formula is C10H14ClN3O2S. The molecule has 0 spiro atoms. The number of nitrogens with one attached hydrogen (secondary N) is 1. The smallest absolute Gasteiger partial charge is 0.312 e. The molecule has 0 bridgehead atoms. The second-order valence-electron chi connectivity index (χ2n) is 3.48. The maximum absolute atomic E-state index is 10.8. The minimum Gasteiger partial charge on any atom is -0.361 e. The van der Waals surface area contributed by atoms with E-state index >= 15 is 0 Å². The van der Waals surface area contributed by atoms with E-state index in [0.717, 1.165) is 11.5 Å². The van der Waals surface area contributed by atoms with Gasteiger partial charge in [-0.25, -0.2) is 4.98 Å². The van der Waals surface area contributed by atoms with Crippen molar-refractivity contribution in [2.24, 2.45) is 0 Å². The molecule has 1 aromatic rings. The third kappa shape index (κ3) is 4.40. The summed E-state index contributed by atoms with van der Waals surface area (Å²) in [7, 11) is 0. The number of nitro groups is 1. The monoisotopic (exact) mass is 275 g/mol. The molecule has 7 heteroatoms. The van der Waals surface area contributed by atoms with Gasteiger partial charge < -0.3 is 5.32 Å². The molecule has 0 aliphatic heterocycles. The highest BCUT2D eigenvalue weighted by molar-refractivity contribution is 7.99. The summed E-state index contributed by atoms with van der Waals surface area (Å²) in [4.78, 5) is 14.3. The van der Waals surface area contributed by atoms with Crippen LogP contribution < -0.4 is 5.32 Å².